The maximum Gasteiger partial charge on any atom is 0.257 e. The fourth-order valence-corrected chi connectivity index (χ4v) is 5.45. The van der Waals surface area contributed by atoms with Gasteiger partial charge in [0.05, 0.1) is 40.5 Å². The molecule has 1 amide bonds. The lowest BCUT2D eigenvalue weighted by molar-refractivity contribution is -0.108. The lowest BCUT2D eigenvalue weighted by Crippen LogP contribution is -2.39. The fraction of sp³-hybridized carbons (Fsp3) is 0.133. The molecule has 4 aromatic rings. The van der Waals surface area contributed by atoms with Crippen LogP contribution >= 0.6 is 23.2 Å². The number of benzene rings is 3. The van der Waals surface area contributed by atoms with E-state index >= 15 is 4.39 Å². The molecule has 1 aromatic heterocycles. The van der Waals surface area contributed by atoms with Gasteiger partial charge in [-0.05, 0) is 35.7 Å². The lowest BCUT2D eigenvalue weighted by Gasteiger charge is -2.27. The highest BCUT2D eigenvalue weighted by Gasteiger charge is 2.28. The van der Waals surface area contributed by atoms with Crippen molar-refractivity contribution in [2.45, 2.75) is 6.42 Å². The third kappa shape index (κ3) is 4.80. The Kier molecular flexibility index (Phi) is 7.46. The molecule has 1 aliphatic heterocycles. The number of nitrogens with zero attached hydrogens (tertiary/aromatic N) is 2. The van der Waals surface area contributed by atoms with Crippen molar-refractivity contribution in [2.24, 2.45) is 0 Å². The monoisotopic (exact) mass is 562 g/mol. The first-order valence-electron chi connectivity index (χ1n) is 12.0. The fourth-order valence-electron chi connectivity index (χ4n) is 4.79. The second-order valence-corrected chi connectivity index (χ2v) is 9.66. The smallest absolute Gasteiger partial charge is 0.257 e. The van der Waals surface area contributed by atoms with E-state index in [0.717, 1.165) is 0 Å². The summed E-state index contributed by atoms with van der Waals surface area (Å²) in [7, 11) is 1.43. The average molecular weight is 563 g/mol. The second kappa shape index (κ2) is 11.0. The minimum Gasteiger partial charge on any atom is -0.480 e. The van der Waals surface area contributed by atoms with E-state index in [9.17, 15) is 14.4 Å². The van der Waals surface area contributed by atoms with Crippen molar-refractivity contribution in [1.29, 1.82) is 0 Å². The Morgan fingerprint density at radius 3 is 2.31 bits per heavy atom. The molecule has 0 N–H and O–H groups in total. The van der Waals surface area contributed by atoms with Crippen molar-refractivity contribution in [3.63, 3.8) is 0 Å². The van der Waals surface area contributed by atoms with Gasteiger partial charge in [-0.25, -0.2) is 9.37 Å². The molecule has 39 heavy (non-hydrogen) atoms. The minimum atomic E-state index is -0.664. The van der Waals surface area contributed by atoms with E-state index in [2.05, 4.69) is 4.98 Å². The largest absolute Gasteiger partial charge is 0.480 e. The number of carbonyl (C=O) groups is 3. The van der Waals surface area contributed by atoms with Gasteiger partial charge in [0.1, 0.15) is 12.1 Å². The minimum absolute atomic E-state index is 0.0154. The average Bonchev–Trinajstić information content (AvgIpc) is 2.94. The highest BCUT2D eigenvalue weighted by Crippen LogP contribution is 2.43. The van der Waals surface area contributed by atoms with Crippen molar-refractivity contribution < 1.29 is 23.5 Å². The van der Waals surface area contributed by atoms with Crippen LogP contribution < -0.4 is 4.74 Å². The number of methoxy groups -OCH3 is 1. The molecule has 0 spiro atoms. The van der Waals surface area contributed by atoms with Crippen LogP contribution in [0.5, 0.6) is 5.88 Å². The summed E-state index contributed by atoms with van der Waals surface area (Å²) in [4.78, 5) is 40.6. The number of hydrogen-bond acceptors (Lipinski definition) is 5. The maximum absolute atomic E-state index is 15.2. The molecule has 0 atom stereocenters. The van der Waals surface area contributed by atoms with Gasteiger partial charge in [0.2, 0.25) is 5.88 Å². The first kappa shape index (κ1) is 26.5. The molecule has 0 bridgehead atoms. The Morgan fingerprint density at radius 1 is 0.974 bits per heavy atom. The SMILES string of the molecule is COc1nc(-c2cccc(-c3cccc(-c4cc(F)c5c(c4)CCN(CC=O)C5=O)c3Cl)c2Cl)ccc1C=O. The second-order valence-electron chi connectivity index (χ2n) is 8.91. The van der Waals surface area contributed by atoms with Gasteiger partial charge < -0.3 is 14.4 Å². The van der Waals surface area contributed by atoms with Crippen molar-refractivity contribution in [2.75, 3.05) is 20.2 Å². The molecular weight excluding hydrogens is 542 g/mol. The van der Waals surface area contributed by atoms with E-state index in [-0.39, 0.29) is 18.0 Å². The van der Waals surface area contributed by atoms with Crippen molar-refractivity contribution in [3.05, 3.63) is 93.2 Å². The Balaban J connectivity index is 1.57. The molecule has 0 saturated carbocycles. The Bertz CT molecular complexity index is 1640. The quantitative estimate of drug-likeness (QED) is 0.239. The predicted molar refractivity (Wildman–Crippen MR) is 148 cm³/mol. The highest BCUT2D eigenvalue weighted by atomic mass is 35.5. The molecule has 196 valence electrons. The molecule has 6 nitrogen and oxygen atoms in total. The number of carbonyl (C=O) groups excluding carboxylic acids is 3. The van der Waals surface area contributed by atoms with Crippen LogP contribution in [0.25, 0.3) is 33.5 Å². The van der Waals surface area contributed by atoms with E-state index in [1.807, 2.05) is 18.2 Å². The third-order valence-corrected chi connectivity index (χ3v) is 7.52. The summed E-state index contributed by atoms with van der Waals surface area (Å²) in [6.07, 6.45) is 1.72. The standard InChI is InChI=1S/C30H21Cl2FN2O4/c1-39-29-18(16-37)8-9-25(34-29)23-7-3-6-22(28(23)32)21-5-2-4-20(27(21)31)19-14-17-10-11-35(12-13-36)30(38)26(17)24(33)15-19/h2-9,13-16H,10-12H2,1H3. The molecule has 5 rings (SSSR count). The van der Waals surface area contributed by atoms with Gasteiger partial charge in [-0.2, -0.15) is 0 Å². The number of hydrogen-bond donors (Lipinski definition) is 0. The number of aromatic nitrogens is 1. The van der Waals surface area contributed by atoms with E-state index < -0.39 is 11.7 Å². The summed E-state index contributed by atoms with van der Waals surface area (Å²) in [6.45, 7) is 0.257. The van der Waals surface area contributed by atoms with Gasteiger partial charge in [0.25, 0.3) is 5.91 Å². The number of ether oxygens (including phenoxy) is 1. The number of aldehydes is 2. The van der Waals surface area contributed by atoms with Gasteiger partial charge in [-0.15, -0.1) is 0 Å². The van der Waals surface area contributed by atoms with Crippen molar-refractivity contribution in [1.82, 2.24) is 9.88 Å². The summed E-state index contributed by atoms with van der Waals surface area (Å²) in [5.41, 5.74) is 4.37. The van der Waals surface area contributed by atoms with Crippen LogP contribution in [0.3, 0.4) is 0 Å². The number of halogens is 3. The van der Waals surface area contributed by atoms with Gasteiger partial charge >= 0.3 is 0 Å². The van der Waals surface area contributed by atoms with Crippen molar-refractivity contribution in [3.8, 4) is 39.4 Å². The van der Waals surface area contributed by atoms with E-state index in [1.54, 1.807) is 36.4 Å². The lowest BCUT2D eigenvalue weighted by atomic mass is 9.92. The van der Waals surface area contributed by atoms with E-state index in [1.165, 1.54) is 18.1 Å². The molecule has 0 fully saturated rings. The number of amides is 1. The van der Waals surface area contributed by atoms with Crippen LogP contribution in [-0.2, 0) is 11.2 Å². The van der Waals surface area contributed by atoms with E-state index in [4.69, 9.17) is 27.9 Å². The number of pyridine rings is 1. The Labute approximate surface area is 234 Å². The molecule has 0 radical (unpaired) electrons. The first-order valence-corrected chi connectivity index (χ1v) is 12.8. The zero-order valence-corrected chi connectivity index (χ0v) is 22.2. The summed E-state index contributed by atoms with van der Waals surface area (Å²) in [5.74, 6) is -0.975. The summed E-state index contributed by atoms with van der Waals surface area (Å²) >= 11 is 13.8. The molecule has 1 aliphatic rings. The van der Waals surface area contributed by atoms with Gasteiger partial charge in [0, 0.05) is 28.8 Å². The zero-order valence-electron chi connectivity index (χ0n) is 20.7. The van der Waals surface area contributed by atoms with Crippen LogP contribution in [0.15, 0.2) is 60.7 Å². The van der Waals surface area contributed by atoms with Crippen LogP contribution in [0, 0.1) is 5.82 Å². The highest BCUT2D eigenvalue weighted by molar-refractivity contribution is 6.39. The molecule has 0 aliphatic carbocycles. The molecule has 9 heteroatoms. The molecule has 2 heterocycles. The van der Waals surface area contributed by atoms with Crippen LogP contribution in [0.1, 0.15) is 26.3 Å². The zero-order chi connectivity index (χ0) is 27.7. The third-order valence-electron chi connectivity index (χ3n) is 6.70. The van der Waals surface area contributed by atoms with Crippen LogP contribution in [0.2, 0.25) is 10.0 Å². The number of rotatable bonds is 7. The summed E-state index contributed by atoms with van der Waals surface area (Å²) in [6, 6.07) is 17.2. The van der Waals surface area contributed by atoms with Crippen molar-refractivity contribution >= 4 is 41.7 Å². The number of fused-ring (bicyclic) bond motifs is 1. The Hall–Kier alpha value is -4.07. The Morgan fingerprint density at radius 2 is 1.64 bits per heavy atom. The predicted octanol–water partition coefficient (Wildman–Crippen LogP) is 6.55. The molecule has 0 saturated heterocycles. The van der Waals surface area contributed by atoms with Gasteiger partial charge in [-0.1, -0.05) is 65.7 Å². The topological polar surface area (TPSA) is 76.6 Å². The first-order chi connectivity index (χ1) is 18.9. The molecular formula is C30H21Cl2FN2O4. The van der Waals surface area contributed by atoms with Gasteiger partial charge in [0.15, 0.2) is 6.29 Å². The summed E-state index contributed by atoms with van der Waals surface area (Å²) in [5, 5.41) is 0.755. The van der Waals surface area contributed by atoms with Crippen LogP contribution in [-0.4, -0.2) is 48.6 Å². The van der Waals surface area contributed by atoms with E-state index in [0.29, 0.717) is 80.2 Å². The summed E-state index contributed by atoms with van der Waals surface area (Å²) < 4.78 is 20.5. The van der Waals surface area contributed by atoms with Crippen LogP contribution in [0.4, 0.5) is 4.39 Å². The maximum atomic E-state index is 15.2. The molecule has 3 aromatic carbocycles. The van der Waals surface area contributed by atoms with Gasteiger partial charge in [-0.3, -0.25) is 9.59 Å². The normalized spacial score (nSPS) is 12.7. The molecule has 0 unspecified atom stereocenters.